The number of nitrogens with one attached hydrogen (secondary N) is 3. The normalized spacial score (nSPS) is 16.8. The Morgan fingerprint density at radius 2 is 1.69 bits per heavy atom. The minimum atomic E-state index is -1.54. The molecule has 4 N–H and O–H groups in total. The fraction of sp³-hybridized carbons (Fsp3) is 0.303. The number of aromatic nitrogens is 2. The van der Waals surface area contributed by atoms with Crippen molar-refractivity contribution >= 4 is 45.6 Å². The Morgan fingerprint density at radius 1 is 1.00 bits per heavy atom. The van der Waals surface area contributed by atoms with Crippen molar-refractivity contribution < 1.29 is 24.2 Å². The summed E-state index contributed by atoms with van der Waals surface area (Å²) in [6.45, 7) is 6.85. The molecule has 12 heteroatoms. The van der Waals surface area contributed by atoms with Crippen LogP contribution < -0.4 is 27.2 Å². The van der Waals surface area contributed by atoms with Gasteiger partial charge in [0.1, 0.15) is 17.8 Å². The Balaban J connectivity index is 1.40. The predicted molar refractivity (Wildman–Crippen MR) is 170 cm³/mol. The van der Waals surface area contributed by atoms with Crippen LogP contribution in [0, 0.1) is 6.92 Å². The Bertz CT molecular complexity index is 1910. The molecule has 1 aromatic heterocycles. The number of hydrogen-bond acceptors (Lipinski definition) is 8. The molecule has 234 valence electrons. The van der Waals surface area contributed by atoms with Gasteiger partial charge in [-0.2, -0.15) is 0 Å². The molecule has 0 spiro atoms. The molecular formula is C33H35N5O7. The predicted octanol–water partition coefficient (Wildman–Crippen LogP) is 3.75. The second-order valence-corrected chi connectivity index (χ2v) is 11.3. The molecule has 1 aliphatic rings. The summed E-state index contributed by atoms with van der Waals surface area (Å²) in [5.74, 6) is -1.99. The van der Waals surface area contributed by atoms with E-state index in [1.807, 2.05) is 48.5 Å². The van der Waals surface area contributed by atoms with E-state index in [0.29, 0.717) is 11.1 Å². The maximum Gasteiger partial charge on any atom is 0.332 e. The number of anilines is 3. The Morgan fingerprint density at radius 3 is 2.33 bits per heavy atom. The standard InChI is InChI=1S/C33H35N5O7/c1-5-27(30(41)35-25-16-28(39)45-32(25)43)38-31(42)26(17-37(18(2)3)33(38)44)36-29(40)24-13-12-22(14-19(24)4)34-23-11-10-20-8-6-7-9-21(20)15-23/h6-15,17-18,25,27,32,34,43H,5,16H2,1-4H3,(H,35,41)(H,36,40)/t25-,27?,32?/m0/s1. The SMILES string of the molecule is CCC(C(=O)N[C@H]1CC(=O)OC1O)n1c(=O)c(NC(=O)c2ccc(Nc3ccc4ccccc4c3)cc2C)cn(C(C)C)c1=O. The van der Waals surface area contributed by atoms with Crippen LogP contribution in [0.2, 0.25) is 0 Å². The third kappa shape index (κ3) is 6.50. The molecule has 1 fully saturated rings. The molecule has 0 radical (unpaired) electrons. The smallest absolute Gasteiger partial charge is 0.332 e. The number of benzene rings is 3. The van der Waals surface area contributed by atoms with Gasteiger partial charge in [-0.05, 0) is 73.9 Å². The van der Waals surface area contributed by atoms with Crippen molar-refractivity contribution in [3.63, 3.8) is 0 Å². The van der Waals surface area contributed by atoms with E-state index in [2.05, 4.69) is 20.7 Å². The van der Waals surface area contributed by atoms with Gasteiger partial charge >= 0.3 is 11.7 Å². The molecule has 5 rings (SSSR count). The van der Waals surface area contributed by atoms with Gasteiger partial charge in [-0.15, -0.1) is 0 Å². The summed E-state index contributed by atoms with van der Waals surface area (Å²) < 4.78 is 6.72. The fourth-order valence-corrected chi connectivity index (χ4v) is 5.37. The van der Waals surface area contributed by atoms with Crippen LogP contribution in [0.15, 0.2) is 76.4 Å². The summed E-state index contributed by atoms with van der Waals surface area (Å²) in [4.78, 5) is 65.2. The zero-order valence-electron chi connectivity index (χ0n) is 25.4. The van der Waals surface area contributed by atoms with Gasteiger partial charge in [0, 0.05) is 29.2 Å². The zero-order valence-corrected chi connectivity index (χ0v) is 25.4. The molecule has 0 bridgehead atoms. The van der Waals surface area contributed by atoms with Crippen LogP contribution in [0.3, 0.4) is 0 Å². The molecule has 2 heterocycles. The lowest BCUT2D eigenvalue weighted by molar-refractivity contribution is -0.155. The molecule has 2 unspecified atom stereocenters. The Labute approximate surface area is 258 Å². The quantitative estimate of drug-likeness (QED) is 0.208. The van der Waals surface area contributed by atoms with E-state index in [1.54, 1.807) is 39.8 Å². The van der Waals surface area contributed by atoms with E-state index < -0.39 is 53.4 Å². The number of aliphatic hydroxyl groups is 1. The van der Waals surface area contributed by atoms with Gasteiger partial charge in [0.25, 0.3) is 11.5 Å². The number of nitrogens with zero attached hydrogens (tertiary/aromatic N) is 2. The van der Waals surface area contributed by atoms with Crippen LogP contribution >= 0.6 is 0 Å². The molecule has 45 heavy (non-hydrogen) atoms. The van der Waals surface area contributed by atoms with Gasteiger partial charge in [-0.3, -0.25) is 23.7 Å². The van der Waals surface area contributed by atoms with Gasteiger partial charge in [-0.25, -0.2) is 9.36 Å². The van der Waals surface area contributed by atoms with Crippen molar-refractivity contribution in [1.29, 1.82) is 0 Å². The van der Waals surface area contributed by atoms with Crippen molar-refractivity contribution in [3.05, 3.63) is 98.8 Å². The van der Waals surface area contributed by atoms with Crippen molar-refractivity contribution in [2.24, 2.45) is 0 Å². The molecule has 3 aromatic carbocycles. The van der Waals surface area contributed by atoms with Gasteiger partial charge in [0.2, 0.25) is 12.2 Å². The number of esters is 1. The lowest BCUT2D eigenvalue weighted by Crippen LogP contribution is -2.50. The summed E-state index contributed by atoms with van der Waals surface area (Å²) in [6.07, 6.45) is -0.475. The van der Waals surface area contributed by atoms with E-state index in [0.717, 1.165) is 26.7 Å². The Hall–Kier alpha value is -5.23. The number of carbonyl (C=O) groups is 3. The number of rotatable bonds is 9. The number of carbonyl (C=O) groups excluding carboxylic acids is 3. The fourth-order valence-electron chi connectivity index (χ4n) is 5.37. The molecular weight excluding hydrogens is 578 g/mol. The monoisotopic (exact) mass is 613 g/mol. The molecule has 12 nitrogen and oxygen atoms in total. The largest absolute Gasteiger partial charge is 0.434 e. The van der Waals surface area contributed by atoms with Gasteiger partial charge in [0.05, 0.1) is 6.42 Å². The summed E-state index contributed by atoms with van der Waals surface area (Å²) in [5, 5.41) is 20.6. The van der Waals surface area contributed by atoms with Crippen LogP contribution in [0.25, 0.3) is 10.8 Å². The molecule has 0 aliphatic carbocycles. The van der Waals surface area contributed by atoms with Crippen LogP contribution in [0.1, 0.15) is 61.6 Å². The van der Waals surface area contributed by atoms with E-state index in [-0.39, 0.29) is 18.5 Å². The molecule has 1 saturated heterocycles. The van der Waals surface area contributed by atoms with Gasteiger partial charge in [-0.1, -0.05) is 37.3 Å². The van der Waals surface area contributed by atoms with E-state index in [9.17, 15) is 29.1 Å². The van der Waals surface area contributed by atoms with E-state index >= 15 is 0 Å². The van der Waals surface area contributed by atoms with Crippen LogP contribution in [-0.4, -0.2) is 44.4 Å². The van der Waals surface area contributed by atoms with E-state index in [1.165, 1.54) is 10.8 Å². The third-order valence-electron chi connectivity index (χ3n) is 7.77. The average Bonchev–Trinajstić information content (AvgIpc) is 3.31. The summed E-state index contributed by atoms with van der Waals surface area (Å²) in [7, 11) is 0. The first-order valence-corrected chi connectivity index (χ1v) is 14.7. The number of fused-ring (bicyclic) bond motifs is 1. The highest BCUT2D eigenvalue weighted by Crippen LogP contribution is 2.24. The van der Waals surface area contributed by atoms with Gasteiger partial charge < -0.3 is 25.8 Å². The maximum absolute atomic E-state index is 13.6. The molecule has 3 atom stereocenters. The van der Waals surface area contributed by atoms with Crippen molar-refractivity contribution in [3.8, 4) is 0 Å². The van der Waals surface area contributed by atoms with Crippen LogP contribution in [0.4, 0.5) is 17.1 Å². The van der Waals surface area contributed by atoms with Crippen LogP contribution in [-0.2, 0) is 14.3 Å². The second kappa shape index (κ2) is 12.8. The molecule has 1 aliphatic heterocycles. The molecule has 0 saturated carbocycles. The highest BCUT2D eigenvalue weighted by atomic mass is 16.6. The van der Waals surface area contributed by atoms with Crippen molar-refractivity contribution in [2.75, 3.05) is 10.6 Å². The highest BCUT2D eigenvalue weighted by molar-refractivity contribution is 6.05. The van der Waals surface area contributed by atoms with Crippen molar-refractivity contribution in [2.45, 2.75) is 65.0 Å². The highest BCUT2D eigenvalue weighted by Gasteiger charge is 2.36. The number of cyclic esters (lactones) is 1. The van der Waals surface area contributed by atoms with Gasteiger partial charge in [0.15, 0.2) is 0 Å². The second-order valence-electron chi connectivity index (χ2n) is 11.3. The first-order valence-electron chi connectivity index (χ1n) is 14.7. The maximum atomic E-state index is 13.6. The number of aliphatic hydroxyl groups excluding tert-OH is 1. The summed E-state index contributed by atoms with van der Waals surface area (Å²) >= 11 is 0. The number of amides is 2. The van der Waals surface area contributed by atoms with E-state index in [4.69, 9.17) is 0 Å². The first kappa shape index (κ1) is 31.2. The molecule has 4 aromatic rings. The number of hydrogen-bond donors (Lipinski definition) is 4. The van der Waals surface area contributed by atoms with Crippen molar-refractivity contribution in [1.82, 2.24) is 14.5 Å². The summed E-state index contributed by atoms with van der Waals surface area (Å²) in [6, 6.07) is 16.6. The lowest BCUT2D eigenvalue weighted by Gasteiger charge is -2.23. The minimum absolute atomic E-state index is 0.0405. The first-order chi connectivity index (χ1) is 21.5. The topological polar surface area (TPSA) is 161 Å². The summed E-state index contributed by atoms with van der Waals surface area (Å²) in [5.41, 5.74) is 0.833. The number of aryl methyl sites for hydroxylation is 1. The van der Waals surface area contributed by atoms with Crippen LogP contribution in [0.5, 0.6) is 0 Å². The Kier molecular flexibility index (Phi) is 8.87. The third-order valence-corrected chi connectivity index (χ3v) is 7.77. The lowest BCUT2D eigenvalue weighted by atomic mass is 10.1. The zero-order chi connectivity index (χ0) is 32.4. The minimum Gasteiger partial charge on any atom is -0.434 e. The molecule has 2 amide bonds. The number of ether oxygens (including phenoxy) is 1. The average molecular weight is 614 g/mol.